The van der Waals surface area contributed by atoms with E-state index in [9.17, 15) is 13.2 Å². The quantitative estimate of drug-likeness (QED) is 0.424. The lowest BCUT2D eigenvalue weighted by atomic mass is 9.47. The molecule has 2 saturated carbocycles. The van der Waals surface area contributed by atoms with E-state index in [0.717, 1.165) is 18.8 Å². The van der Waals surface area contributed by atoms with E-state index < -0.39 is 17.5 Å². The van der Waals surface area contributed by atoms with Gasteiger partial charge in [-0.25, -0.2) is 13.2 Å². The summed E-state index contributed by atoms with van der Waals surface area (Å²) in [5.74, 6) is -2.39. The summed E-state index contributed by atoms with van der Waals surface area (Å²) in [7, 11) is 0. The van der Waals surface area contributed by atoms with Crippen LogP contribution in [0.5, 0.6) is 0 Å². The van der Waals surface area contributed by atoms with Gasteiger partial charge in [-0.1, -0.05) is 39.0 Å². The smallest absolute Gasteiger partial charge is 0.194 e. The summed E-state index contributed by atoms with van der Waals surface area (Å²) in [6.07, 6.45) is 11.2. The molecular formula is C19H25F3. The maximum Gasteiger partial charge on any atom is 0.194 e. The zero-order valence-corrected chi connectivity index (χ0v) is 13.3. The van der Waals surface area contributed by atoms with Gasteiger partial charge in [-0.3, -0.25) is 0 Å². The third-order valence-corrected chi connectivity index (χ3v) is 5.75. The second-order valence-corrected chi connectivity index (χ2v) is 7.53. The lowest BCUT2D eigenvalue weighted by molar-refractivity contribution is -0.0453. The van der Waals surface area contributed by atoms with Crippen LogP contribution in [0.4, 0.5) is 13.2 Å². The van der Waals surface area contributed by atoms with Crippen LogP contribution in [-0.2, 0) is 0 Å². The van der Waals surface area contributed by atoms with Crippen molar-refractivity contribution in [3.05, 3.63) is 35.1 Å². The van der Waals surface area contributed by atoms with Crippen LogP contribution in [-0.4, -0.2) is 0 Å². The Morgan fingerprint density at radius 1 is 0.955 bits per heavy atom. The summed E-state index contributed by atoms with van der Waals surface area (Å²) < 4.78 is 39.6. The van der Waals surface area contributed by atoms with Crippen molar-refractivity contribution in [1.29, 1.82) is 0 Å². The third-order valence-electron chi connectivity index (χ3n) is 5.75. The van der Waals surface area contributed by atoms with Gasteiger partial charge >= 0.3 is 0 Å². The highest BCUT2D eigenvalue weighted by Gasteiger charge is 2.52. The van der Waals surface area contributed by atoms with Gasteiger partial charge in [0.1, 0.15) is 0 Å². The monoisotopic (exact) mass is 310 g/mol. The van der Waals surface area contributed by atoms with Crippen LogP contribution in [0.1, 0.15) is 76.2 Å². The summed E-state index contributed by atoms with van der Waals surface area (Å²) >= 11 is 0. The van der Waals surface area contributed by atoms with Crippen molar-refractivity contribution in [2.24, 2.45) is 11.3 Å². The minimum atomic E-state index is -1.35. The summed E-state index contributed by atoms with van der Waals surface area (Å²) in [5, 5.41) is 0. The molecule has 2 aliphatic carbocycles. The van der Waals surface area contributed by atoms with Crippen LogP contribution in [0.2, 0.25) is 0 Å². The number of hydrogen-bond donors (Lipinski definition) is 0. The number of unbranched alkanes of at least 4 members (excludes halogenated alkanes) is 3. The van der Waals surface area contributed by atoms with Crippen molar-refractivity contribution in [1.82, 2.24) is 0 Å². The molecule has 0 amide bonds. The molecule has 0 heterocycles. The molecule has 3 heteroatoms. The molecule has 1 aromatic carbocycles. The Bertz CT molecular complexity index is 500. The van der Waals surface area contributed by atoms with E-state index in [1.165, 1.54) is 57.1 Å². The Balaban J connectivity index is 1.45. The molecule has 0 saturated heterocycles. The van der Waals surface area contributed by atoms with Gasteiger partial charge in [-0.15, -0.1) is 0 Å². The fourth-order valence-corrected chi connectivity index (χ4v) is 4.59. The van der Waals surface area contributed by atoms with Crippen LogP contribution < -0.4 is 0 Å². The summed E-state index contributed by atoms with van der Waals surface area (Å²) in [5.41, 5.74) is 1.06. The molecule has 0 bridgehead atoms. The van der Waals surface area contributed by atoms with Crippen molar-refractivity contribution >= 4 is 0 Å². The SMILES string of the molecule is CCCCCCC1CC2(C1)CC(c1cc(F)c(F)c(F)c1)C2. The number of rotatable bonds is 6. The van der Waals surface area contributed by atoms with Crippen molar-refractivity contribution in [2.75, 3.05) is 0 Å². The first-order chi connectivity index (χ1) is 10.5. The Morgan fingerprint density at radius 3 is 2.18 bits per heavy atom. The van der Waals surface area contributed by atoms with Crippen LogP contribution in [0.25, 0.3) is 0 Å². The molecule has 0 radical (unpaired) electrons. The molecular weight excluding hydrogens is 285 g/mol. The maximum absolute atomic E-state index is 13.3. The minimum Gasteiger partial charge on any atom is -0.204 e. The largest absolute Gasteiger partial charge is 0.204 e. The number of benzene rings is 1. The van der Waals surface area contributed by atoms with Crippen LogP contribution in [0.3, 0.4) is 0 Å². The molecule has 2 fully saturated rings. The van der Waals surface area contributed by atoms with Gasteiger partial charge < -0.3 is 0 Å². The van der Waals surface area contributed by atoms with Gasteiger partial charge in [-0.05, 0) is 60.6 Å². The summed E-state index contributed by atoms with van der Waals surface area (Å²) in [6.45, 7) is 2.23. The third kappa shape index (κ3) is 3.04. The van der Waals surface area contributed by atoms with Crippen molar-refractivity contribution in [2.45, 2.75) is 70.6 Å². The molecule has 0 nitrogen and oxygen atoms in total. The predicted octanol–water partition coefficient (Wildman–Crippen LogP) is 6.35. The molecule has 2 aliphatic rings. The van der Waals surface area contributed by atoms with E-state index in [0.29, 0.717) is 11.0 Å². The zero-order chi connectivity index (χ0) is 15.7. The first-order valence-electron chi connectivity index (χ1n) is 8.67. The predicted molar refractivity (Wildman–Crippen MR) is 82.2 cm³/mol. The Kier molecular flexibility index (Phi) is 4.52. The lowest BCUT2D eigenvalue weighted by Gasteiger charge is -2.58. The number of hydrogen-bond acceptors (Lipinski definition) is 0. The van der Waals surface area contributed by atoms with E-state index in [4.69, 9.17) is 0 Å². The van der Waals surface area contributed by atoms with Gasteiger partial charge in [0.15, 0.2) is 17.5 Å². The topological polar surface area (TPSA) is 0 Å². The Hall–Kier alpha value is -0.990. The van der Waals surface area contributed by atoms with E-state index in [2.05, 4.69) is 6.92 Å². The normalized spacial score (nSPS) is 30.2. The molecule has 122 valence electrons. The number of halogens is 3. The maximum atomic E-state index is 13.3. The van der Waals surface area contributed by atoms with E-state index in [1.807, 2.05) is 0 Å². The van der Waals surface area contributed by atoms with Crippen molar-refractivity contribution in [3.63, 3.8) is 0 Å². The van der Waals surface area contributed by atoms with Gasteiger partial charge in [-0.2, -0.15) is 0 Å². The summed E-state index contributed by atoms with van der Waals surface area (Å²) in [4.78, 5) is 0. The second kappa shape index (κ2) is 6.25. The van der Waals surface area contributed by atoms with Crippen LogP contribution in [0.15, 0.2) is 12.1 Å². The molecule has 0 N–H and O–H groups in total. The molecule has 0 aliphatic heterocycles. The molecule has 0 aromatic heterocycles. The zero-order valence-electron chi connectivity index (χ0n) is 13.3. The highest BCUT2D eigenvalue weighted by Crippen LogP contribution is 2.64. The molecule has 22 heavy (non-hydrogen) atoms. The average Bonchev–Trinajstić information content (AvgIpc) is 2.40. The van der Waals surface area contributed by atoms with E-state index in [1.54, 1.807) is 0 Å². The Morgan fingerprint density at radius 2 is 1.59 bits per heavy atom. The van der Waals surface area contributed by atoms with Gasteiger partial charge in [0.25, 0.3) is 0 Å². The van der Waals surface area contributed by atoms with E-state index >= 15 is 0 Å². The van der Waals surface area contributed by atoms with Crippen LogP contribution in [0, 0.1) is 28.8 Å². The van der Waals surface area contributed by atoms with Gasteiger partial charge in [0.2, 0.25) is 0 Å². The molecule has 1 spiro atoms. The van der Waals surface area contributed by atoms with Crippen molar-refractivity contribution in [3.8, 4) is 0 Å². The van der Waals surface area contributed by atoms with Crippen molar-refractivity contribution < 1.29 is 13.2 Å². The Labute approximate surface area is 131 Å². The van der Waals surface area contributed by atoms with E-state index in [-0.39, 0.29) is 5.92 Å². The lowest BCUT2D eigenvalue weighted by Crippen LogP contribution is -2.46. The molecule has 0 atom stereocenters. The minimum absolute atomic E-state index is 0.214. The fraction of sp³-hybridized carbons (Fsp3) is 0.684. The van der Waals surface area contributed by atoms with Crippen LogP contribution >= 0.6 is 0 Å². The average molecular weight is 310 g/mol. The first-order valence-corrected chi connectivity index (χ1v) is 8.67. The summed E-state index contributed by atoms with van der Waals surface area (Å²) in [6, 6.07) is 2.35. The molecule has 0 unspecified atom stereocenters. The highest BCUT2D eigenvalue weighted by molar-refractivity contribution is 5.27. The second-order valence-electron chi connectivity index (χ2n) is 7.53. The fourth-order valence-electron chi connectivity index (χ4n) is 4.59. The van der Waals surface area contributed by atoms with Gasteiger partial charge in [0, 0.05) is 0 Å². The molecule has 3 rings (SSSR count). The first kappa shape index (κ1) is 15.9. The highest BCUT2D eigenvalue weighted by atomic mass is 19.2. The molecule has 1 aromatic rings. The standard InChI is InChI=1S/C19H25F3/c1-2-3-4-5-6-13-9-19(10-13)11-15(12-19)14-7-16(20)18(22)17(21)8-14/h7-8,13,15H,2-6,9-12H2,1H3. The van der Waals surface area contributed by atoms with Gasteiger partial charge in [0.05, 0.1) is 0 Å².